The maximum Gasteiger partial charge on any atom is 0.165 e. The molecule has 0 aliphatic heterocycles. The smallest absolute Gasteiger partial charge is 0.165 e. The van der Waals surface area contributed by atoms with Crippen LogP contribution in [0.5, 0.6) is 0 Å². The fraction of sp³-hybridized carbons (Fsp3) is 0. The Balaban J connectivity index is 0.000000132. The summed E-state index contributed by atoms with van der Waals surface area (Å²) in [5.74, 6) is 3.80. The van der Waals surface area contributed by atoms with Gasteiger partial charge >= 0.3 is 0 Å². The van der Waals surface area contributed by atoms with Crippen molar-refractivity contribution in [3.8, 4) is 91.1 Å². The number of hydrogen-bond donors (Lipinski definition) is 0. The summed E-state index contributed by atoms with van der Waals surface area (Å²) in [6.45, 7) is 0. The number of furan rings is 3. The quantitative estimate of drug-likeness (QED) is 0.131. The number of benzene rings is 18. The number of hydrogen-bond acceptors (Lipinski definition) is 10. The van der Waals surface area contributed by atoms with Crippen LogP contribution in [0, 0.1) is 0 Å². The maximum absolute atomic E-state index is 6.61. The monoisotopic (exact) mass is 1650 g/mol. The fourth-order valence-electron chi connectivity index (χ4n) is 19.8. The molecule has 596 valence electrons. The highest BCUT2D eigenvalue weighted by Gasteiger charge is 2.27. The molecule has 10 aromatic heterocycles. The second-order valence-electron chi connectivity index (χ2n) is 32.7. The first-order valence-electron chi connectivity index (χ1n) is 42.9. The van der Waals surface area contributed by atoms with Crippen molar-refractivity contribution in [1.29, 1.82) is 0 Å². The van der Waals surface area contributed by atoms with E-state index in [1.165, 1.54) is 42.4 Å². The molecule has 18 aromatic carbocycles. The van der Waals surface area contributed by atoms with Crippen LogP contribution < -0.4 is 0 Å². The molecule has 0 spiro atoms. The van der Waals surface area contributed by atoms with Crippen molar-refractivity contribution in [2.75, 3.05) is 0 Å². The van der Waals surface area contributed by atoms with E-state index in [0.29, 0.717) is 34.9 Å². The molecule has 10 heterocycles. The summed E-state index contributed by atoms with van der Waals surface area (Å²) in [5, 5.41) is 18.2. The zero-order chi connectivity index (χ0) is 83.8. The number of aromatic nitrogens is 10. The molecule has 0 radical (unpaired) electrons. The van der Waals surface area contributed by atoms with Crippen molar-refractivity contribution >= 4 is 185 Å². The first kappa shape index (κ1) is 71.4. The van der Waals surface area contributed by atoms with Gasteiger partial charge in [0.2, 0.25) is 0 Å². The highest BCUT2D eigenvalue weighted by molar-refractivity contribution is 7.26. The molecule has 128 heavy (non-hydrogen) atoms. The third-order valence-electron chi connectivity index (χ3n) is 25.5. The standard InChI is InChI=1S/C57H33N5O2.C57H33N5OS/c1-3-13-34(14-4-1)55-58-56(35-15-5-2-6-16-35)60-57(59-55)36-23-29-51-44(31-36)45-33-38(25-30-52(45)63-51)61-46-20-10-7-17-39(46)43-32-37(24-27-48(43)61)62-47-21-11-8-19-42(47)53-49(62)28-26-41-40-18-9-12-22-50(40)64-54(41)53;1-3-15-34(16-4-1)55-58-56(35-17-5-2-6-18-35)60-57(59-55)43-24-13-22-40-41-23-14-27-49(54(41)64-53(40)43)62-45-25-10-7-19-37(45)44-33-36(29-31-47(44)62)61-46-26-11-8-21-42(46)51-48(61)32-30-39-38-20-9-12-28-50(38)63-52(39)51/h2*1-33H. The van der Waals surface area contributed by atoms with E-state index in [2.05, 4.69) is 297 Å². The first-order chi connectivity index (χ1) is 63.5. The van der Waals surface area contributed by atoms with E-state index >= 15 is 0 Å². The molecule has 0 aliphatic carbocycles. The molecule has 0 unspecified atom stereocenters. The second-order valence-corrected chi connectivity index (χ2v) is 33.7. The summed E-state index contributed by atoms with van der Waals surface area (Å²) in [5.41, 5.74) is 24.3. The molecular formula is C114H66N10O3S. The third-order valence-corrected chi connectivity index (χ3v) is 26.8. The van der Waals surface area contributed by atoms with Gasteiger partial charge in [0.1, 0.15) is 33.5 Å². The molecule has 0 aliphatic rings. The van der Waals surface area contributed by atoms with Gasteiger partial charge < -0.3 is 31.5 Å². The van der Waals surface area contributed by atoms with Crippen molar-refractivity contribution in [3.63, 3.8) is 0 Å². The molecule has 28 aromatic rings. The zero-order valence-electron chi connectivity index (χ0n) is 68.2. The van der Waals surface area contributed by atoms with Gasteiger partial charge in [0.05, 0.1) is 65.3 Å². The average molecular weight is 1660 g/mol. The maximum atomic E-state index is 6.61. The number of para-hydroxylation sites is 6. The predicted octanol–water partition coefficient (Wildman–Crippen LogP) is 30.2. The van der Waals surface area contributed by atoms with Crippen LogP contribution in [0.25, 0.3) is 264 Å². The van der Waals surface area contributed by atoms with Crippen molar-refractivity contribution in [2.24, 2.45) is 0 Å². The van der Waals surface area contributed by atoms with E-state index < -0.39 is 0 Å². The lowest BCUT2D eigenvalue weighted by Gasteiger charge is -2.11. The van der Waals surface area contributed by atoms with Gasteiger partial charge in [-0.2, -0.15) is 0 Å². The summed E-state index contributed by atoms with van der Waals surface area (Å²) in [6.07, 6.45) is 0. The van der Waals surface area contributed by atoms with Crippen LogP contribution in [-0.2, 0) is 0 Å². The Morgan fingerprint density at radius 1 is 0.188 bits per heavy atom. The van der Waals surface area contributed by atoms with Gasteiger partial charge in [0.25, 0.3) is 0 Å². The number of thiophene rings is 1. The average Bonchev–Trinajstić information content (AvgIpc) is 1.54. The van der Waals surface area contributed by atoms with Crippen LogP contribution in [0.3, 0.4) is 0 Å². The third kappa shape index (κ3) is 11.0. The molecule has 0 N–H and O–H groups in total. The Labute approximate surface area is 732 Å². The van der Waals surface area contributed by atoms with Gasteiger partial charge in [-0.25, -0.2) is 29.9 Å². The van der Waals surface area contributed by atoms with Crippen LogP contribution in [0.4, 0.5) is 0 Å². The van der Waals surface area contributed by atoms with E-state index in [0.717, 1.165) is 187 Å². The SMILES string of the molecule is c1ccc(-c2nc(-c3ccccc3)nc(-c3ccc4oc5ccc(-n6c7ccccc7c7cc(-n8c9ccccc9c9c%10oc%11ccccc%11c%10ccc98)ccc76)cc5c4c3)n2)cc1.c1ccc(-c2nc(-c3ccccc3)nc(-c3cccc4c3sc3c(-n5c6ccccc6c6cc(-n7c8ccccc8c8c9oc%10ccccc%10c9ccc87)ccc65)cccc34)n2)cc1. The largest absolute Gasteiger partial charge is 0.456 e. The number of rotatable bonds is 10. The Morgan fingerprint density at radius 2 is 0.523 bits per heavy atom. The summed E-state index contributed by atoms with van der Waals surface area (Å²) < 4.78 is 31.6. The van der Waals surface area contributed by atoms with Crippen LogP contribution in [-0.4, -0.2) is 48.2 Å². The van der Waals surface area contributed by atoms with Gasteiger partial charge in [-0.05, 0) is 146 Å². The molecule has 14 heteroatoms. The summed E-state index contributed by atoms with van der Waals surface area (Å²) in [7, 11) is 0. The lowest BCUT2D eigenvalue weighted by atomic mass is 10.1. The first-order valence-corrected chi connectivity index (χ1v) is 43.7. The number of nitrogens with zero attached hydrogens (tertiary/aromatic N) is 10. The Bertz CT molecular complexity index is 9370. The minimum atomic E-state index is 0.601. The van der Waals surface area contributed by atoms with E-state index in [1.807, 2.05) is 121 Å². The minimum absolute atomic E-state index is 0.601. The van der Waals surface area contributed by atoms with Gasteiger partial charge in [-0.1, -0.05) is 255 Å². The normalized spacial score (nSPS) is 12.1. The molecule has 28 rings (SSSR count). The Hall–Kier alpha value is -17.2. The molecule has 0 amide bonds. The summed E-state index contributed by atoms with van der Waals surface area (Å²) in [6, 6.07) is 140. The van der Waals surface area contributed by atoms with E-state index in [1.54, 1.807) is 11.3 Å². The molecular weight excluding hydrogens is 1590 g/mol. The van der Waals surface area contributed by atoms with Crippen molar-refractivity contribution < 1.29 is 13.3 Å². The Morgan fingerprint density at radius 3 is 1.02 bits per heavy atom. The van der Waals surface area contributed by atoms with Crippen molar-refractivity contribution in [2.45, 2.75) is 0 Å². The van der Waals surface area contributed by atoms with Gasteiger partial charge in [0, 0.05) is 131 Å². The predicted molar refractivity (Wildman–Crippen MR) is 524 cm³/mol. The molecule has 0 fully saturated rings. The van der Waals surface area contributed by atoms with E-state index in [4.69, 9.17) is 43.2 Å². The van der Waals surface area contributed by atoms with E-state index in [9.17, 15) is 0 Å². The Kier molecular flexibility index (Phi) is 15.7. The fourth-order valence-corrected chi connectivity index (χ4v) is 21.1. The second kappa shape index (κ2) is 28.2. The van der Waals surface area contributed by atoms with E-state index in [-0.39, 0.29) is 0 Å². The van der Waals surface area contributed by atoms with Crippen molar-refractivity contribution in [1.82, 2.24) is 48.2 Å². The summed E-state index contributed by atoms with van der Waals surface area (Å²) >= 11 is 1.80. The van der Waals surface area contributed by atoms with Crippen LogP contribution in [0.2, 0.25) is 0 Å². The molecule has 0 bridgehead atoms. The van der Waals surface area contributed by atoms with Crippen LogP contribution >= 0.6 is 11.3 Å². The molecule has 0 atom stereocenters. The lowest BCUT2D eigenvalue weighted by Crippen LogP contribution is -2.00. The minimum Gasteiger partial charge on any atom is -0.456 e. The van der Waals surface area contributed by atoms with Gasteiger partial charge in [-0.15, -0.1) is 11.3 Å². The molecule has 13 nitrogen and oxygen atoms in total. The molecule has 0 saturated carbocycles. The zero-order valence-corrected chi connectivity index (χ0v) is 69.0. The van der Waals surface area contributed by atoms with Gasteiger partial charge in [-0.3, -0.25) is 0 Å². The summed E-state index contributed by atoms with van der Waals surface area (Å²) in [4.78, 5) is 30.2. The van der Waals surface area contributed by atoms with Crippen LogP contribution in [0.15, 0.2) is 414 Å². The van der Waals surface area contributed by atoms with Gasteiger partial charge in [0.15, 0.2) is 34.9 Å². The number of fused-ring (bicyclic) bond motifs is 26. The van der Waals surface area contributed by atoms with Crippen molar-refractivity contribution in [3.05, 3.63) is 400 Å². The highest BCUT2D eigenvalue weighted by Crippen LogP contribution is 2.49. The highest BCUT2D eigenvalue weighted by atomic mass is 32.1. The molecule has 0 saturated heterocycles. The topological polar surface area (TPSA) is 136 Å². The van der Waals surface area contributed by atoms with Crippen LogP contribution in [0.1, 0.15) is 0 Å². The lowest BCUT2D eigenvalue weighted by molar-refractivity contribution is 0.669.